The highest BCUT2D eigenvalue weighted by Crippen LogP contribution is 2.55. The molecule has 2 aliphatic carbocycles. The van der Waals surface area contributed by atoms with Crippen LogP contribution in [0, 0.1) is 57.9 Å². The molecule has 1 unspecified atom stereocenters. The summed E-state index contributed by atoms with van der Waals surface area (Å²) in [5.41, 5.74) is -11.7. The Hall–Kier alpha value is -4.29. The average molecular weight is 563 g/mol. The molecule has 200 valence electrons. The molecule has 0 bridgehead atoms. The van der Waals surface area contributed by atoms with Gasteiger partial charge in [-0.3, -0.25) is 9.53 Å². The number of halogens is 11. The predicted octanol–water partition coefficient (Wildman–Crippen LogP) is 6.17. The van der Waals surface area contributed by atoms with Gasteiger partial charge < -0.3 is 5.11 Å². The molecule has 0 aromatic heterocycles. The van der Waals surface area contributed by atoms with Crippen LogP contribution in [-0.2, 0) is 4.74 Å². The van der Waals surface area contributed by atoms with Crippen LogP contribution in [0.25, 0.3) is 27.8 Å². The summed E-state index contributed by atoms with van der Waals surface area (Å²) < 4.78 is 157. The van der Waals surface area contributed by atoms with Crippen molar-refractivity contribution in [3.05, 3.63) is 86.5 Å². The van der Waals surface area contributed by atoms with Gasteiger partial charge in [-0.15, -0.1) is 13.2 Å². The molecule has 5 rings (SSSR count). The number of rotatable bonds is 2. The Morgan fingerprint density at radius 3 is 1.67 bits per heavy atom. The van der Waals surface area contributed by atoms with Gasteiger partial charge in [-0.25, -0.2) is 35.1 Å². The van der Waals surface area contributed by atoms with Crippen LogP contribution < -0.4 is 0 Å². The highest BCUT2D eigenvalue weighted by atomic mass is 19.4. The first-order chi connectivity index (χ1) is 18.1. The third-order valence-corrected chi connectivity index (χ3v) is 6.11. The second-order valence-corrected chi connectivity index (χ2v) is 8.07. The zero-order chi connectivity index (χ0) is 28.9. The van der Waals surface area contributed by atoms with Gasteiger partial charge in [0, 0.05) is 33.4 Å². The van der Waals surface area contributed by atoms with E-state index in [9.17, 15) is 54.7 Å². The smallest absolute Gasteiger partial charge is 0.363 e. The van der Waals surface area contributed by atoms with Gasteiger partial charge in [0.2, 0.25) is 6.29 Å². The van der Waals surface area contributed by atoms with Crippen LogP contribution >= 0.6 is 0 Å². The number of aliphatic hydroxyl groups excluding tert-OH is 1. The Kier molecular flexibility index (Phi) is 5.64. The van der Waals surface area contributed by atoms with Gasteiger partial charge in [-0.1, -0.05) is 12.1 Å². The second kappa shape index (κ2) is 8.35. The number of carbonyl (C=O) groups is 1. The molecular weight excluding hydrogens is 559 g/mol. The molecule has 0 saturated carbocycles. The molecule has 0 amide bonds. The molecule has 3 aromatic rings. The van der Waals surface area contributed by atoms with Crippen LogP contribution in [0.4, 0.5) is 48.3 Å². The maximum atomic E-state index is 15.1. The minimum absolute atomic E-state index is 0.664. The largest absolute Gasteiger partial charge is 0.525 e. The number of nitriles is 1. The molecule has 0 spiro atoms. The summed E-state index contributed by atoms with van der Waals surface area (Å²) in [6.45, 7) is 0. The molecule has 3 aromatic carbocycles. The summed E-state index contributed by atoms with van der Waals surface area (Å²) in [6, 6.07) is 2.40. The lowest BCUT2D eigenvalue weighted by Gasteiger charge is -2.16. The SMILES string of the molecule is N#C/C(=C1/c2ccc3c(c2-c2c(F)c(F)c(F)c(F)c21)C(=O)c1c(F)c(F)c(F)c(F)c1-3)C(O)OC(F)(F)F. The summed E-state index contributed by atoms with van der Waals surface area (Å²) in [5.74, 6) is -20.2. The fraction of sp³-hybridized carbons (Fsp3) is 0.0833. The zero-order valence-corrected chi connectivity index (χ0v) is 18.1. The van der Waals surface area contributed by atoms with Gasteiger partial charge in [0.05, 0.1) is 11.1 Å². The van der Waals surface area contributed by atoms with Crippen molar-refractivity contribution in [3.63, 3.8) is 0 Å². The van der Waals surface area contributed by atoms with E-state index in [4.69, 9.17) is 0 Å². The van der Waals surface area contributed by atoms with Crippen molar-refractivity contribution in [1.82, 2.24) is 0 Å². The standard InChI is InChI=1S/C24H4F11NO3/c25-14-9-5-2-1-4-7(6(3-36)23(38)39-24(33,34)35)11-12(16(27)20(31)19(30)15(11)26)8(4)10(5)22(37)13(9)17(28)21(32)18(14)29/h1-2,23,38H/b7-6+. The topological polar surface area (TPSA) is 70.3 Å². The molecule has 0 heterocycles. The fourth-order valence-corrected chi connectivity index (χ4v) is 4.67. The molecular formula is C24H4F11NO3. The lowest BCUT2D eigenvalue weighted by molar-refractivity contribution is -0.363. The molecule has 1 N–H and O–H groups in total. The monoisotopic (exact) mass is 563 g/mol. The maximum absolute atomic E-state index is 15.1. The van der Waals surface area contributed by atoms with E-state index in [1.165, 1.54) is 0 Å². The van der Waals surface area contributed by atoms with Crippen molar-refractivity contribution in [1.29, 1.82) is 5.26 Å². The Morgan fingerprint density at radius 2 is 1.15 bits per heavy atom. The van der Waals surface area contributed by atoms with E-state index in [1.54, 1.807) is 0 Å². The minimum atomic E-state index is -5.61. The van der Waals surface area contributed by atoms with Crippen molar-refractivity contribution in [2.45, 2.75) is 12.7 Å². The summed E-state index contributed by atoms with van der Waals surface area (Å²) in [7, 11) is 0. The molecule has 0 saturated heterocycles. The average Bonchev–Trinajstić information content (AvgIpc) is 3.36. The Morgan fingerprint density at radius 1 is 0.692 bits per heavy atom. The minimum Gasteiger partial charge on any atom is -0.363 e. The Labute approximate surface area is 207 Å². The van der Waals surface area contributed by atoms with E-state index < -0.39 is 121 Å². The first kappa shape index (κ1) is 26.3. The Bertz CT molecular complexity index is 1750. The quantitative estimate of drug-likeness (QED) is 0.0918. The number of alkyl halides is 3. The Balaban J connectivity index is 1.96. The fourth-order valence-electron chi connectivity index (χ4n) is 4.67. The van der Waals surface area contributed by atoms with Gasteiger partial charge in [-0.2, -0.15) is 5.26 Å². The zero-order valence-electron chi connectivity index (χ0n) is 18.1. The molecule has 0 fully saturated rings. The van der Waals surface area contributed by atoms with Crippen LogP contribution in [0.3, 0.4) is 0 Å². The number of nitrogens with zero attached hydrogens (tertiary/aromatic N) is 1. The van der Waals surface area contributed by atoms with E-state index in [0.29, 0.717) is 12.1 Å². The van der Waals surface area contributed by atoms with Crippen molar-refractivity contribution in [3.8, 4) is 28.3 Å². The highest BCUT2D eigenvalue weighted by Gasteiger charge is 2.46. The van der Waals surface area contributed by atoms with Gasteiger partial charge in [0.25, 0.3) is 0 Å². The maximum Gasteiger partial charge on any atom is 0.525 e. The number of benzene rings is 3. The first-order valence-corrected chi connectivity index (χ1v) is 10.2. The van der Waals surface area contributed by atoms with E-state index in [-0.39, 0.29) is 0 Å². The van der Waals surface area contributed by atoms with Crippen molar-refractivity contribution >= 4 is 11.4 Å². The van der Waals surface area contributed by atoms with Crippen LogP contribution in [0.2, 0.25) is 0 Å². The normalized spacial score (nSPS) is 15.5. The number of fused-ring (bicyclic) bond motifs is 7. The summed E-state index contributed by atoms with van der Waals surface area (Å²) >= 11 is 0. The molecule has 39 heavy (non-hydrogen) atoms. The van der Waals surface area contributed by atoms with E-state index in [0.717, 1.165) is 6.07 Å². The number of ketones is 1. The third-order valence-electron chi connectivity index (χ3n) is 6.11. The highest BCUT2D eigenvalue weighted by molar-refractivity contribution is 6.27. The van der Waals surface area contributed by atoms with Crippen LogP contribution in [0.15, 0.2) is 17.7 Å². The lowest BCUT2D eigenvalue weighted by atomic mass is 9.93. The second-order valence-electron chi connectivity index (χ2n) is 8.07. The van der Waals surface area contributed by atoms with Crippen molar-refractivity contribution in [2.75, 3.05) is 0 Å². The number of hydrogen-bond acceptors (Lipinski definition) is 4. The number of carbonyl (C=O) groups excluding carboxylic acids is 1. The third kappa shape index (κ3) is 3.41. The summed E-state index contributed by atoms with van der Waals surface area (Å²) in [4.78, 5) is 13.1. The molecule has 0 radical (unpaired) electrons. The van der Waals surface area contributed by atoms with Gasteiger partial charge in [0.15, 0.2) is 52.3 Å². The van der Waals surface area contributed by atoms with Gasteiger partial charge >= 0.3 is 6.36 Å². The molecule has 2 aliphatic rings. The van der Waals surface area contributed by atoms with E-state index in [2.05, 4.69) is 4.74 Å². The summed E-state index contributed by atoms with van der Waals surface area (Å²) in [6.07, 6.45) is -8.86. The summed E-state index contributed by atoms with van der Waals surface area (Å²) in [5, 5.41) is 19.4. The van der Waals surface area contributed by atoms with E-state index >= 15 is 8.78 Å². The number of ether oxygens (including phenoxy) is 1. The molecule has 15 heteroatoms. The number of hydrogen-bond donors (Lipinski definition) is 1. The molecule has 0 aliphatic heterocycles. The molecule has 1 atom stereocenters. The lowest BCUT2D eigenvalue weighted by Crippen LogP contribution is -2.25. The van der Waals surface area contributed by atoms with Crippen molar-refractivity contribution < 1.29 is 62.9 Å². The van der Waals surface area contributed by atoms with Gasteiger partial charge in [0.1, 0.15) is 6.07 Å². The van der Waals surface area contributed by atoms with Crippen molar-refractivity contribution in [2.24, 2.45) is 0 Å². The van der Waals surface area contributed by atoms with Gasteiger partial charge in [-0.05, 0) is 11.1 Å². The van der Waals surface area contributed by atoms with Crippen LogP contribution in [0.5, 0.6) is 0 Å². The van der Waals surface area contributed by atoms with Crippen LogP contribution in [-0.4, -0.2) is 23.5 Å². The first-order valence-electron chi connectivity index (χ1n) is 10.2. The van der Waals surface area contributed by atoms with Crippen LogP contribution in [0.1, 0.15) is 27.0 Å². The number of aliphatic hydroxyl groups is 1. The van der Waals surface area contributed by atoms with E-state index in [1.807, 2.05) is 0 Å². The predicted molar refractivity (Wildman–Crippen MR) is 105 cm³/mol. The molecule has 4 nitrogen and oxygen atoms in total.